The zero-order valence-electron chi connectivity index (χ0n) is 8.16. The molecule has 0 aliphatic carbocycles. The fraction of sp³-hybridized carbons (Fsp3) is 0.545. The molecule has 0 bridgehead atoms. The lowest BCUT2D eigenvalue weighted by Crippen LogP contribution is -2.50. The number of rotatable bonds is 0. The smallest absolute Gasteiger partial charge is 0.164 e. The van der Waals surface area contributed by atoms with Crippen molar-refractivity contribution in [2.75, 3.05) is 6.54 Å². The molecule has 2 heteroatoms. The zero-order chi connectivity index (χ0) is 9.47. The molecular formula is C11H15NO. The maximum atomic E-state index is 11.6. The van der Waals surface area contributed by atoms with Crippen molar-refractivity contribution in [2.24, 2.45) is 5.41 Å². The van der Waals surface area contributed by atoms with Gasteiger partial charge in [-0.1, -0.05) is 26.0 Å². The maximum absolute atomic E-state index is 11.6. The third kappa shape index (κ3) is 1.21. The zero-order valence-corrected chi connectivity index (χ0v) is 8.16. The highest BCUT2D eigenvalue weighted by atomic mass is 16.1. The van der Waals surface area contributed by atoms with E-state index in [0.717, 1.165) is 13.0 Å². The van der Waals surface area contributed by atoms with Crippen molar-refractivity contribution >= 4 is 5.78 Å². The molecule has 2 rings (SSSR count). The monoisotopic (exact) mass is 177 g/mol. The van der Waals surface area contributed by atoms with Crippen molar-refractivity contribution in [2.45, 2.75) is 26.3 Å². The number of hydrogen-bond donors (Lipinski definition) is 0. The van der Waals surface area contributed by atoms with Crippen LogP contribution in [0.15, 0.2) is 24.4 Å². The summed E-state index contributed by atoms with van der Waals surface area (Å²) in [6, 6.07) is 0.356. The van der Waals surface area contributed by atoms with Crippen molar-refractivity contribution in [3.63, 3.8) is 0 Å². The highest BCUT2D eigenvalue weighted by Crippen LogP contribution is 2.34. The summed E-state index contributed by atoms with van der Waals surface area (Å²) < 4.78 is 0. The summed E-state index contributed by atoms with van der Waals surface area (Å²) >= 11 is 0. The summed E-state index contributed by atoms with van der Waals surface area (Å²) in [4.78, 5) is 13.9. The van der Waals surface area contributed by atoms with Crippen LogP contribution in [-0.2, 0) is 4.79 Å². The van der Waals surface area contributed by atoms with E-state index in [-0.39, 0.29) is 11.2 Å². The second kappa shape index (κ2) is 2.72. The van der Waals surface area contributed by atoms with Crippen molar-refractivity contribution in [1.29, 1.82) is 0 Å². The third-order valence-electron chi connectivity index (χ3n) is 3.13. The summed E-state index contributed by atoms with van der Waals surface area (Å²) in [6.45, 7) is 5.02. The number of ketones is 1. The number of carbonyl (C=O) groups is 1. The van der Waals surface area contributed by atoms with Gasteiger partial charge in [0.2, 0.25) is 0 Å². The highest BCUT2D eigenvalue weighted by molar-refractivity contribution is 5.95. The van der Waals surface area contributed by atoms with E-state index < -0.39 is 0 Å². The molecule has 0 spiro atoms. The fourth-order valence-corrected chi connectivity index (χ4v) is 2.10. The van der Waals surface area contributed by atoms with Crippen LogP contribution in [0.1, 0.15) is 20.3 Å². The van der Waals surface area contributed by atoms with Gasteiger partial charge in [-0.15, -0.1) is 0 Å². The van der Waals surface area contributed by atoms with E-state index in [1.54, 1.807) is 6.08 Å². The van der Waals surface area contributed by atoms with Crippen molar-refractivity contribution in [3.05, 3.63) is 24.4 Å². The summed E-state index contributed by atoms with van der Waals surface area (Å²) in [7, 11) is 0. The number of allylic oxidation sites excluding steroid dienone is 1. The minimum atomic E-state index is -0.223. The van der Waals surface area contributed by atoms with E-state index >= 15 is 0 Å². The molecule has 0 saturated carbocycles. The second-order valence-corrected chi connectivity index (χ2v) is 4.32. The van der Waals surface area contributed by atoms with E-state index in [0.29, 0.717) is 6.04 Å². The summed E-state index contributed by atoms with van der Waals surface area (Å²) in [5.41, 5.74) is -0.223. The van der Waals surface area contributed by atoms with Gasteiger partial charge in [-0.2, -0.15) is 0 Å². The molecule has 70 valence electrons. The molecule has 0 aromatic carbocycles. The van der Waals surface area contributed by atoms with Crippen molar-refractivity contribution in [1.82, 2.24) is 4.90 Å². The van der Waals surface area contributed by atoms with Gasteiger partial charge in [-0.05, 0) is 12.5 Å². The van der Waals surface area contributed by atoms with Crippen LogP contribution in [0.2, 0.25) is 0 Å². The number of carbonyl (C=O) groups excluding carboxylic acids is 1. The van der Waals surface area contributed by atoms with E-state index in [4.69, 9.17) is 0 Å². The first-order valence-electron chi connectivity index (χ1n) is 4.76. The Bertz CT molecular complexity index is 288. The lowest BCUT2D eigenvalue weighted by molar-refractivity contribution is -0.126. The molecule has 0 aromatic rings. The molecule has 1 atom stereocenters. The van der Waals surface area contributed by atoms with Crippen LogP contribution < -0.4 is 0 Å². The minimum absolute atomic E-state index is 0.223. The van der Waals surface area contributed by atoms with Gasteiger partial charge in [0, 0.05) is 24.2 Å². The topological polar surface area (TPSA) is 20.3 Å². The maximum Gasteiger partial charge on any atom is 0.164 e. The predicted octanol–water partition coefficient (Wildman–Crippen LogP) is 1.74. The Balaban J connectivity index is 2.35. The largest absolute Gasteiger partial charge is 0.369 e. The first kappa shape index (κ1) is 8.54. The van der Waals surface area contributed by atoms with Crippen molar-refractivity contribution in [3.8, 4) is 0 Å². The average Bonchev–Trinajstić information content (AvgIpc) is 2.13. The molecule has 0 N–H and O–H groups in total. The van der Waals surface area contributed by atoms with Crippen molar-refractivity contribution < 1.29 is 4.79 Å². The van der Waals surface area contributed by atoms with Crippen LogP contribution in [0.3, 0.4) is 0 Å². The summed E-state index contributed by atoms with van der Waals surface area (Å²) in [5.74, 6) is 0.254. The predicted molar refractivity (Wildman–Crippen MR) is 52.2 cm³/mol. The SMILES string of the molecule is CC1(C)C(=O)C=CN2CC=CCC21. The van der Waals surface area contributed by atoms with E-state index in [1.165, 1.54) is 0 Å². The second-order valence-electron chi connectivity index (χ2n) is 4.32. The Morgan fingerprint density at radius 3 is 3.00 bits per heavy atom. The molecule has 2 aliphatic heterocycles. The molecule has 1 unspecified atom stereocenters. The number of fused-ring (bicyclic) bond motifs is 1. The normalized spacial score (nSPS) is 30.5. The first-order valence-corrected chi connectivity index (χ1v) is 4.76. The molecule has 0 amide bonds. The fourth-order valence-electron chi connectivity index (χ4n) is 2.10. The Morgan fingerprint density at radius 2 is 2.23 bits per heavy atom. The van der Waals surface area contributed by atoms with Gasteiger partial charge >= 0.3 is 0 Å². The molecule has 2 aliphatic rings. The van der Waals surface area contributed by atoms with Crippen LogP contribution in [0.4, 0.5) is 0 Å². The average molecular weight is 177 g/mol. The van der Waals surface area contributed by atoms with Gasteiger partial charge < -0.3 is 4.90 Å². The Morgan fingerprint density at radius 1 is 1.46 bits per heavy atom. The Hall–Kier alpha value is -1.05. The van der Waals surface area contributed by atoms with Gasteiger partial charge in [0.15, 0.2) is 5.78 Å². The Labute approximate surface area is 78.9 Å². The van der Waals surface area contributed by atoms with Crippen LogP contribution >= 0.6 is 0 Å². The van der Waals surface area contributed by atoms with Gasteiger partial charge in [0.05, 0.1) is 0 Å². The minimum Gasteiger partial charge on any atom is -0.369 e. The van der Waals surface area contributed by atoms with Gasteiger partial charge in [-0.25, -0.2) is 0 Å². The van der Waals surface area contributed by atoms with Gasteiger partial charge in [0.25, 0.3) is 0 Å². The summed E-state index contributed by atoms with van der Waals surface area (Å²) in [5, 5.41) is 0. The molecule has 0 fully saturated rings. The van der Waals surface area contributed by atoms with Crippen LogP contribution in [0.25, 0.3) is 0 Å². The highest BCUT2D eigenvalue weighted by Gasteiger charge is 2.40. The Kier molecular flexibility index (Phi) is 1.79. The molecule has 0 saturated heterocycles. The van der Waals surface area contributed by atoms with Gasteiger partial charge in [0.1, 0.15) is 0 Å². The molecule has 2 heterocycles. The number of hydrogen-bond acceptors (Lipinski definition) is 2. The molecular weight excluding hydrogens is 162 g/mol. The molecule has 2 nitrogen and oxygen atoms in total. The molecule has 13 heavy (non-hydrogen) atoms. The lowest BCUT2D eigenvalue weighted by atomic mass is 9.75. The summed E-state index contributed by atoms with van der Waals surface area (Å²) in [6.07, 6.45) is 8.96. The number of nitrogens with zero attached hydrogens (tertiary/aromatic N) is 1. The van der Waals surface area contributed by atoms with Crippen LogP contribution in [0.5, 0.6) is 0 Å². The standard InChI is InChI=1S/C11H15NO/c1-11(2)9-5-3-4-7-12(9)8-6-10(11)13/h3-4,6,8-9H,5,7H2,1-2H3. The van der Waals surface area contributed by atoms with E-state index in [9.17, 15) is 4.79 Å². The molecule has 0 radical (unpaired) electrons. The molecule has 0 aromatic heterocycles. The van der Waals surface area contributed by atoms with Crippen LogP contribution in [0, 0.1) is 5.41 Å². The third-order valence-corrected chi connectivity index (χ3v) is 3.13. The first-order chi connectivity index (χ1) is 6.12. The van der Waals surface area contributed by atoms with E-state index in [2.05, 4.69) is 17.1 Å². The van der Waals surface area contributed by atoms with E-state index in [1.807, 2.05) is 20.0 Å². The van der Waals surface area contributed by atoms with Crippen LogP contribution in [-0.4, -0.2) is 23.3 Å². The van der Waals surface area contributed by atoms with Gasteiger partial charge in [-0.3, -0.25) is 4.79 Å². The quantitative estimate of drug-likeness (QED) is 0.525. The lowest BCUT2D eigenvalue weighted by Gasteiger charge is -2.44.